The minimum Gasteiger partial charge on any atom is -0.541 e. The van der Waals surface area contributed by atoms with Gasteiger partial charge in [-0.15, -0.1) is 10.8 Å². The van der Waals surface area contributed by atoms with E-state index in [0.29, 0.717) is 0 Å². The summed E-state index contributed by atoms with van der Waals surface area (Å²) in [5.74, 6) is 0. The van der Waals surface area contributed by atoms with Crippen LogP contribution in [0.1, 0.15) is 41.5 Å². The Morgan fingerprint density at radius 2 is 0.769 bits per heavy atom. The number of rotatable bonds is 0. The Kier molecular flexibility index (Phi) is 11.1. The first-order valence-electron chi connectivity index (χ1n) is 3.91. The summed E-state index contributed by atoms with van der Waals surface area (Å²) in [4.78, 5) is 19.4. The molecule has 0 aliphatic heterocycles. The van der Waals surface area contributed by atoms with Gasteiger partial charge in [0.15, 0.2) is 0 Å². The molecule has 0 saturated heterocycles. The van der Waals surface area contributed by atoms with Gasteiger partial charge >= 0.3 is 26.2 Å². The van der Waals surface area contributed by atoms with Crippen LogP contribution >= 0.6 is 0 Å². The van der Waals surface area contributed by atoms with Gasteiger partial charge in [-0.1, -0.05) is 41.5 Å². The zero-order valence-corrected chi connectivity index (χ0v) is 11.8. The van der Waals surface area contributed by atoms with Gasteiger partial charge in [-0.3, -0.25) is 12.6 Å². The summed E-state index contributed by atoms with van der Waals surface area (Å²) in [7, 11) is 0. The molecule has 0 aliphatic rings. The van der Waals surface area contributed by atoms with Crippen LogP contribution in [0, 0.1) is 10.8 Å². The van der Waals surface area contributed by atoms with Crippen LogP contribution < -0.4 is 0 Å². The van der Waals surface area contributed by atoms with Crippen molar-refractivity contribution in [1.29, 1.82) is 0 Å². The topological polar surface area (TPSA) is 34.1 Å². The first-order valence-corrected chi connectivity index (χ1v) is 3.91. The minimum absolute atomic E-state index is 0. The Morgan fingerprint density at radius 3 is 0.769 bits per heavy atom. The van der Waals surface area contributed by atoms with E-state index < -0.39 is 0 Å². The van der Waals surface area contributed by atoms with Gasteiger partial charge in [-0.05, 0) is 0 Å². The van der Waals surface area contributed by atoms with Gasteiger partial charge in [-0.2, -0.15) is 0 Å². The summed E-state index contributed by atoms with van der Waals surface area (Å²) in [6.07, 6.45) is 3.71. The summed E-state index contributed by atoms with van der Waals surface area (Å²) >= 11 is 0. The summed E-state index contributed by atoms with van der Waals surface area (Å²) in [6.45, 7) is 10.9. The van der Waals surface area contributed by atoms with E-state index in [1.807, 2.05) is 54.1 Å². The molecule has 13 heavy (non-hydrogen) atoms. The molecule has 0 unspecified atom stereocenters. The molecule has 0 heterocycles. The van der Waals surface area contributed by atoms with Crippen LogP contribution in [0.4, 0.5) is 0 Å². The zero-order valence-electron chi connectivity index (χ0n) is 9.32. The van der Waals surface area contributed by atoms with Crippen molar-refractivity contribution in [2.45, 2.75) is 41.5 Å². The summed E-state index contributed by atoms with van der Waals surface area (Å²) in [6, 6.07) is 0. The SMILES string of the molecule is CC(C)(C)[C-]=O.CC(C)(C)[C-]=O.[Zr+2]. The second kappa shape index (κ2) is 7.61. The van der Waals surface area contributed by atoms with E-state index in [1.165, 1.54) is 0 Å². The molecule has 0 fully saturated rings. The first kappa shape index (κ1) is 18.9. The Bertz CT molecular complexity index is 122. The van der Waals surface area contributed by atoms with Gasteiger partial charge in [0.1, 0.15) is 0 Å². The monoisotopic (exact) mass is 260 g/mol. The molecule has 0 amide bonds. The van der Waals surface area contributed by atoms with Crippen molar-refractivity contribution in [3.05, 3.63) is 0 Å². The van der Waals surface area contributed by atoms with Gasteiger partial charge in [-0.25, -0.2) is 0 Å². The maximum Gasteiger partial charge on any atom is 2.00 e. The second-order valence-electron chi connectivity index (χ2n) is 4.70. The average molecular weight is 261 g/mol. The smallest absolute Gasteiger partial charge is 0.541 e. The Morgan fingerprint density at radius 1 is 0.692 bits per heavy atom. The Balaban J connectivity index is -0.000000143. The van der Waals surface area contributed by atoms with Gasteiger partial charge < -0.3 is 9.59 Å². The van der Waals surface area contributed by atoms with E-state index in [1.54, 1.807) is 0 Å². The van der Waals surface area contributed by atoms with Crippen LogP contribution in [0.2, 0.25) is 0 Å². The maximum absolute atomic E-state index is 9.70. The van der Waals surface area contributed by atoms with Crippen LogP contribution in [0.3, 0.4) is 0 Å². The molecule has 0 aromatic rings. The fraction of sp³-hybridized carbons (Fsp3) is 0.800. The number of hydrogen-bond donors (Lipinski definition) is 0. The van der Waals surface area contributed by atoms with E-state index in [4.69, 9.17) is 0 Å². The molecule has 0 aromatic carbocycles. The molecule has 0 N–H and O–H groups in total. The summed E-state index contributed by atoms with van der Waals surface area (Å²) < 4.78 is 0. The summed E-state index contributed by atoms with van der Waals surface area (Å²) in [5.41, 5.74) is -0.528. The van der Waals surface area contributed by atoms with E-state index in [2.05, 4.69) is 0 Å². The van der Waals surface area contributed by atoms with Crippen molar-refractivity contribution >= 4 is 12.6 Å². The quantitative estimate of drug-likeness (QED) is 0.627. The van der Waals surface area contributed by atoms with E-state index in [0.717, 1.165) is 0 Å². The molecule has 0 saturated carbocycles. The van der Waals surface area contributed by atoms with Crippen molar-refractivity contribution in [2.24, 2.45) is 10.8 Å². The van der Waals surface area contributed by atoms with Crippen molar-refractivity contribution < 1.29 is 35.8 Å². The molecule has 0 bridgehead atoms. The molecule has 3 heteroatoms. The molecule has 0 spiro atoms. The van der Waals surface area contributed by atoms with Gasteiger partial charge in [0.05, 0.1) is 0 Å². The Labute approximate surface area is 101 Å². The number of carbonyl (C=O) groups excluding carboxylic acids is 2. The third kappa shape index (κ3) is 33.0. The average Bonchev–Trinajstić information content (AvgIpc) is 1.86. The molecule has 2 nitrogen and oxygen atoms in total. The molecule has 0 radical (unpaired) electrons. The molecule has 0 aromatic heterocycles. The molecule has 0 atom stereocenters. The van der Waals surface area contributed by atoms with Crippen molar-refractivity contribution in [3.8, 4) is 0 Å². The van der Waals surface area contributed by atoms with Crippen LogP contribution in [-0.2, 0) is 35.8 Å². The third-order valence-electron chi connectivity index (χ3n) is 0.612. The molecule has 0 aliphatic carbocycles. The summed E-state index contributed by atoms with van der Waals surface area (Å²) in [5, 5.41) is 0. The largest absolute Gasteiger partial charge is 2.00 e. The van der Waals surface area contributed by atoms with Gasteiger partial charge in [0, 0.05) is 0 Å². The van der Waals surface area contributed by atoms with Crippen molar-refractivity contribution in [3.63, 3.8) is 0 Å². The van der Waals surface area contributed by atoms with Crippen LogP contribution in [0.5, 0.6) is 0 Å². The molecular weight excluding hydrogens is 243 g/mol. The Hall–Kier alpha value is 0.223. The van der Waals surface area contributed by atoms with E-state index in [-0.39, 0.29) is 37.0 Å². The minimum atomic E-state index is -0.264. The van der Waals surface area contributed by atoms with Crippen LogP contribution in [0.15, 0.2) is 0 Å². The van der Waals surface area contributed by atoms with E-state index >= 15 is 0 Å². The normalized spacial score (nSPS) is 10.3. The van der Waals surface area contributed by atoms with E-state index in [9.17, 15) is 9.59 Å². The third-order valence-corrected chi connectivity index (χ3v) is 0.612. The van der Waals surface area contributed by atoms with Crippen molar-refractivity contribution in [2.75, 3.05) is 0 Å². The zero-order chi connectivity index (χ0) is 10.4. The predicted octanol–water partition coefficient (Wildman–Crippen LogP) is 2.28. The first-order chi connectivity index (χ1) is 5.12. The number of hydrogen-bond acceptors (Lipinski definition) is 2. The van der Waals surface area contributed by atoms with Crippen LogP contribution in [-0.4, -0.2) is 12.6 Å². The standard InChI is InChI=1S/2C5H9O.Zr/c2*1-5(2,3)4-6;/h2*1-3H3;/q2*-1;+2. The van der Waals surface area contributed by atoms with Crippen LogP contribution in [0.25, 0.3) is 0 Å². The van der Waals surface area contributed by atoms with Gasteiger partial charge in [0.25, 0.3) is 0 Å². The predicted molar refractivity (Wildman–Crippen MR) is 50.3 cm³/mol. The molecular formula is C10H18O2Zr. The fourth-order valence-corrected chi connectivity index (χ4v) is 0. The fourth-order valence-electron chi connectivity index (χ4n) is 0. The molecule has 0 rings (SSSR count). The maximum atomic E-state index is 9.70. The molecule has 74 valence electrons. The van der Waals surface area contributed by atoms with Gasteiger partial charge in [0.2, 0.25) is 0 Å². The second-order valence-corrected chi connectivity index (χ2v) is 4.70. The van der Waals surface area contributed by atoms with Crippen molar-refractivity contribution in [1.82, 2.24) is 0 Å².